The molecular formula is C11H12F3NO. The van der Waals surface area contributed by atoms with Gasteiger partial charge in [-0.05, 0) is 19.4 Å². The molecule has 0 aromatic heterocycles. The van der Waals surface area contributed by atoms with Crippen LogP contribution in [0.15, 0.2) is 24.3 Å². The second-order valence-corrected chi connectivity index (χ2v) is 3.60. The lowest BCUT2D eigenvalue weighted by atomic mass is 10.1. The number of carbonyl (C=O) groups excluding carboxylic acids is 1. The van der Waals surface area contributed by atoms with Crippen molar-refractivity contribution in [2.24, 2.45) is 0 Å². The standard InChI is InChI=1S/C11H12F3NO/c1-7-3-5-9(6-4-7)8(2)15-10(16)11(12,13)14/h3-6,8H,1-2H3,(H,15,16)/t8-/m1/s1. The predicted molar refractivity (Wildman–Crippen MR) is 53.8 cm³/mol. The van der Waals surface area contributed by atoms with Gasteiger partial charge in [0, 0.05) is 0 Å². The van der Waals surface area contributed by atoms with Crippen LogP contribution >= 0.6 is 0 Å². The van der Waals surface area contributed by atoms with Crippen molar-refractivity contribution in [3.63, 3.8) is 0 Å². The molecule has 0 bridgehead atoms. The van der Waals surface area contributed by atoms with E-state index in [1.54, 1.807) is 24.3 Å². The van der Waals surface area contributed by atoms with E-state index in [0.717, 1.165) is 5.56 Å². The van der Waals surface area contributed by atoms with Crippen molar-refractivity contribution in [3.05, 3.63) is 35.4 Å². The molecular weight excluding hydrogens is 219 g/mol. The van der Waals surface area contributed by atoms with Crippen LogP contribution < -0.4 is 5.32 Å². The summed E-state index contributed by atoms with van der Waals surface area (Å²) in [4.78, 5) is 10.7. The largest absolute Gasteiger partial charge is 0.471 e. The van der Waals surface area contributed by atoms with Crippen LogP contribution in [0.25, 0.3) is 0 Å². The number of nitrogens with one attached hydrogen (secondary N) is 1. The van der Waals surface area contributed by atoms with Crippen LogP contribution in [0, 0.1) is 6.92 Å². The maximum absolute atomic E-state index is 12.0. The van der Waals surface area contributed by atoms with Crippen LogP contribution in [-0.4, -0.2) is 12.1 Å². The van der Waals surface area contributed by atoms with E-state index in [9.17, 15) is 18.0 Å². The molecule has 0 spiro atoms. The molecule has 16 heavy (non-hydrogen) atoms. The zero-order valence-corrected chi connectivity index (χ0v) is 8.93. The fourth-order valence-corrected chi connectivity index (χ4v) is 1.22. The SMILES string of the molecule is Cc1ccc([C@@H](C)NC(=O)C(F)(F)F)cc1. The summed E-state index contributed by atoms with van der Waals surface area (Å²) in [7, 11) is 0. The van der Waals surface area contributed by atoms with Gasteiger partial charge in [-0.15, -0.1) is 0 Å². The molecule has 1 amide bonds. The van der Waals surface area contributed by atoms with Gasteiger partial charge in [-0.25, -0.2) is 0 Å². The van der Waals surface area contributed by atoms with Crippen molar-refractivity contribution in [3.8, 4) is 0 Å². The number of hydrogen-bond donors (Lipinski definition) is 1. The van der Waals surface area contributed by atoms with E-state index in [0.29, 0.717) is 5.56 Å². The molecule has 2 nitrogen and oxygen atoms in total. The van der Waals surface area contributed by atoms with E-state index in [1.165, 1.54) is 6.92 Å². The Morgan fingerprint density at radius 3 is 2.19 bits per heavy atom. The van der Waals surface area contributed by atoms with Gasteiger partial charge >= 0.3 is 12.1 Å². The van der Waals surface area contributed by atoms with Crippen molar-refractivity contribution >= 4 is 5.91 Å². The third kappa shape index (κ3) is 3.25. The van der Waals surface area contributed by atoms with Gasteiger partial charge < -0.3 is 5.32 Å². The molecule has 1 aromatic rings. The zero-order valence-electron chi connectivity index (χ0n) is 8.93. The summed E-state index contributed by atoms with van der Waals surface area (Å²) in [5.41, 5.74) is 1.65. The van der Waals surface area contributed by atoms with Crippen molar-refractivity contribution in [2.45, 2.75) is 26.1 Å². The number of hydrogen-bond acceptors (Lipinski definition) is 1. The molecule has 1 N–H and O–H groups in total. The van der Waals surface area contributed by atoms with Crippen LogP contribution in [0.1, 0.15) is 24.1 Å². The first-order chi connectivity index (χ1) is 7.30. The minimum Gasteiger partial charge on any atom is -0.342 e. The van der Waals surface area contributed by atoms with E-state index in [4.69, 9.17) is 0 Å². The first-order valence-electron chi connectivity index (χ1n) is 4.75. The van der Waals surface area contributed by atoms with Crippen LogP contribution in [0.4, 0.5) is 13.2 Å². The summed E-state index contributed by atoms with van der Waals surface area (Å²) in [5.74, 6) is -1.92. The van der Waals surface area contributed by atoms with Gasteiger partial charge in [-0.1, -0.05) is 29.8 Å². The van der Waals surface area contributed by atoms with Gasteiger partial charge in [-0.3, -0.25) is 4.79 Å². The lowest BCUT2D eigenvalue weighted by molar-refractivity contribution is -0.174. The van der Waals surface area contributed by atoms with E-state index < -0.39 is 18.1 Å². The second kappa shape index (κ2) is 4.55. The Balaban J connectivity index is 2.69. The predicted octanol–water partition coefficient (Wildman–Crippen LogP) is 2.73. The molecule has 0 heterocycles. The average Bonchev–Trinajstić information content (AvgIpc) is 2.17. The van der Waals surface area contributed by atoms with Crippen molar-refractivity contribution in [1.82, 2.24) is 5.32 Å². The number of carbonyl (C=O) groups is 1. The number of aryl methyl sites for hydroxylation is 1. The van der Waals surface area contributed by atoms with E-state index >= 15 is 0 Å². The molecule has 0 saturated carbocycles. The van der Waals surface area contributed by atoms with Gasteiger partial charge in [0.2, 0.25) is 0 Å². The minimum atomic E-state index is -4.83. The number of alkyl halides is 3. The maximum atomic E-state index is 12.0. The van der Waals surface area contributed by atoms with Crippen LogP contribution in [0.3, 0.4) is 0 Å². The summed E-state index contributed by atoms with van der Waals surface area (Å²) < 4.78 is 35.9. The smallest absolute Gasteiger partial charge is 0.342 e. The van der Waals surface area contributed by atoms with E-state index in [2.05, 4.69) is 0 Å². The van der Waals surface area contributed by atoms with Crippen molar-refractivity contribution in [1.29, 1.82) is 0 Å². The number of benzene rings is 1. The molecule has 0 saturated heterocycles. The molecule has 0 unspecified atom stereocenters. The lowest BCUT2D eigenvalue weighted by Crippen LogP contribution is -2.38. The fraction of sp³-hybridized carbons (Fsp3) is 0.364. The normalized spacial score (nSPS) is 13.3. The Bertz CT molecular complexity index is 370. The first kappa shape index (κ1) is 12.5. The Kier molecular flexibility index (Phi) is 3.57. The zero-order chi connectivity index (χ0) is 12.3. The van der Waals surface area contributed by atoms with Crippen LogP contribution in [0.5, 0.6) is 0 Å². The Morgan fingerprint density at radius 2 is 1.75 bits per heavy atom. The van der Waals surface area contributed by atoms with Crippen molar-refractivity contribution < 1.29 is 18.0 Å². The molecule has 0 radical (unpaired) electrons. The van der Waals surface area contributed by atoms with Gasteiger partial charge in [0.15, 0.2) is 0 Å². The van der Waals surface area contributed by atoms with E-state index in [-0.39, 0.29) is 0 Å². The summed E-state index contributed by atoms with van der Waals surface area (Å²) >= 11 is 0. The molecule has 0 aliphatic heterocycles. The third-order valence-electron chi connectivity index (χ3n) is 2.18. The highest BCUT2D eigenvalue weighted by Crippen LogP contribution is 2.18. The summed E-state index contributed by atoms with van der Waals surface area (Å²) in [6, 6.07) is 6.29. The quantitative estimate of drug-likeness (QED) is 0.833. The summed E-state index contributed by atoms with van der Waals surface area (Å²) in [6.45, 7) is 3.39. The highest BCUT2D eigenvalue weighted by atomic mass is 19.4. The van der Waals surface area contributed by atoms with Crippen LogP contribution in [-0.2, 0) is 4.79 Å². The molecule has 0 fully saturated rings. The molecule has 0 aliphatic rings. The third-order valence-corrected chi connectivity index (χ3v) is 2.18. The number of halogens is 3. The molecule has 1 atom stereocenters. The molecule has 88 valence electrons. The minimum absolute atomic E-state index is 0.642. The molecule has 1 rings (SSSR count). The Morgan fingerprint density at radius 1 is 1.25 bits per heavy atom. The number of rotatable bonds is 2. The van der Waals surface area contributed by atoms with Gasteiger partial charge in [-0.2, -0.15) is 13.2 Å². The molecule has 5 heteroatoms. The molecule has 0 aliphatic carbocycles. The summed E-state index contributed by atoms with van der Waals surface area (Å²) in [5, 5.41) is 1.89. The van der Waals surface area contributed by atoms with E-state index in [1.807, 2.05) is 12.2 Å². The lowest BCUT2D eigenvalue weighted by Gasteiger charge is -2.15. The maximum Gasteiger partial charge on any atom is 0.471 e. The number of amides is 1. The summed E-state index contributed by atoms with van der Waals surface area (Å²) in [6.07, 6.45) is -4.83. The van der Waals surface area contributed by atoms with Gasteiger partial charge in [0.05, 0.1) is 6.04 Å². The second-order valence-electron chi connectivity index (χ2n) is 3.60. The Hall–Kier alpha value is -1.52. The van der Waals surface area contributed by atoms with Gasteiger partial charge in [0.1, 0.15) is 0 Å². The average molecular weight is 231 g/mol. The van der Waals surface area contributed by atoms with Gasteiger partial charge in [0.25, 0.3) is 0 Å². The Labute approximate surface area is 91.5 Å². The van der Waals surface area contributed by atoms with Crippen molar-refractivity contribution in [2.75, 3.05) is 0 Å². The monoisotopic (exact) mass is 231 g/mol. The fourth-order valence-electron chi connectivity index (χ4n) is 1.22. The highest BCUT2D eigenvalue weighted by molar-refractivity contribution is 5.82. The highest BCUT2D eigenvalue weighted by Gasteiger charge is 2.39. The topological polar surface area (TPSA) is 29.1 Å². The first-order valence-corrected chi connectivity index (χ1v) is 4.75. The van der Waals surface area contributed by atoms with Crippen LogP contribution in [0.2, 0.25) is 0 Å². The molecule has 1 aromatic carbocycles.